The lowest BCUT2D eigenvalue weighted by molar-refractivity contribution is -0.384. The summed E-state index contributed by atoms with van der Waals surface area (Å²) in [7, 11) is 0. The first-order valence-corrected chi connectivity index (χ1v) is 9.82. The minimum atomic E-state index is -0.493. The summed E-state index contributed by atoms with van der Waals surface area (Å²) in [6.07, 6.45) is 0.593. The van der Waals surface area contributed by atoms with Gasteiger partial charge in [-0.05, 0) is 24.6 Å². The van der Waals surface area contributed by atoms with Gasteiger partial charge in [0.05, 0.1) is 10.6 Å². The van der Waals surface area contributed by atoms with E-state index < -0.39 is 4.92 Å². The third kappa shape index (κ3) is 3.85. The Kier molecular flexibility index (Phi) is 5.05. The molecule has 146 valence electrons. The van der Waals surface area contributed by atoms with Crippen molar-refractivity contribution in [3.8, 4) is 11.4 Å². The molecule has 0 saturated carbocycles. The minimum absolute atomic E-state index is 0.0437. The molecule has 1 amide bonds. The van der Waals surface area contributed by atoms with Crippen molar-refractivity contribution in [1.29, 1.82) is 0 Å². The van der Waals surface area contributed by atoms with E-state index in [0.717, 1.165) is 21.8 Å². The van der Waals surface area contributed by atoms with Crippen LogP contribution in [0.3, 0.4) is 0 Å². The van der Waals surface area contributed by atoms with Gasteiger partial charge in [-0.2, -0.15) is 4.98 Å². The molecule has 0 aliphatic rings. The number of hydrogen-bond acceptors (Lipinski definition) is 6. The zero-order valence-corrected chi connectivity index (χ0v) is 16.3. The van der Waals surface area contributed by atoms with Crippen LogP contribution in [0.4, 0.5) is 5.69 Å². The number of fused-ring (bicyclic) bond motifs is 1. The second kappa shape index (κ2) is 7.80. The lowest BCUT2D eigenvalue weighted by Crippen LogP contribution is -2.26. The lowest BCUT2D eigenvalue weighted by Gasteiger charge is -2.04. The Hall–Kier alpha value is -3.59. The number of aryl methyl sites for hydroxylation is 1. The van der Waals surface area contributed by atoms with Crippen LogP contribution in [0.25, 0.3) is 16.3 Å². The van der Waals surface area contributed by atoms with Gasteiger partial charge in [0.15, 0.2) is 5.82 Å². The van der Waals surface area contributed by atoms with Crippen LogP contribution < -0.4 is 5.32 Å². The van der Waals surface area contributed by atoms with Gasteiger partial charge in [0, 0.05) is 41.6 Å². The number of carbonyl (C=O) groups excluding carboxylic acids is 1. The molecule has 2 aromatic carbocycles. The van der Waals surface area contributed by atoms with Gasteiger partial charge < -0.3 is 5.32 Å². The van der Waals surface area contributed by atoms with E-state index in [2.05, 4.69) is 15.4 Å². The molecule has 4 aromatic rings. The van der Waals surface area contributed by atoms with E-state index in [0.29, 0.717) is 24.4 Å². The van der Waals surface area contributed by atoms with Crippen LogP contribution in [-0.2, 0) is 6.42 Å². The molecule has 0 fully saturated rings. The average molecular weight is 407 g/mol. The number of nitrogens with one attached hydrogen (secondary N) is 1. The quantitative estimate of drug-likeness (QED) is 0.388. The number of nitro groups is 1. The summed E-state index contributed by atoms with van der Waals surface area (Å²) in [5.41, 5.74) is 3.41. The Bertz CT molecular complexity index is 1200. The number of rotatable bonds is 6. The highest BCUT2D eigenvalue weighted by Crippen LogP contribution is 2.23. The van der Waals surface area contributed by atoms with Crippen LogP contribution in [0.5, 0.6) is 0 Å². The summed E-state index contributed by atoms with van der Waals surface area (Å²) in [5, 5.41) is 20.1. The number of amides is 1. The molecule has 9 heteroatoms. The van der Waals surface area contributed by atoms with Crippen molar-refractivity contribution in [2.24, 2.45) is 0 Å². The van der Waals surface area contributed by atoms with Crippen molar-refractivity contribution in [3.05, 3.63) is 80.8 Å². The van der Waals surface area contributed by atoms with Gasteiger partial charge in [0.1, 0.15) is 0 Å². The maximum Gasteiger partial charge on any atom is 0.269 e. The third-order valence-electron chi connectivity index (χ3n) is 4.54. The van der Waals surface area contributed by atoms with Gasteiger partial charge in [-0.3, -0.25) is 14.9 Å². The van der Waals surface area contributed by atoms with Crippen LogP contribution >= 0.6 is 11.3 Å². The standard InChI is InChI=1S/C20H17N5O3S/c1-13-4-2-3-5-17(13)18-22-20-24(23-18)16(12-29-20)10-11-21-19(26)14-6-8-15(9-7-14)25(27)28/h2-9,12H,10-11H2,1H3,(H,21,26). The van der Waals surface area contributed by atoms with E-state index in [1.165, 1.54) is 35.6 Å². The first-order valence-electron chi connectivity index (χ1n) is 8.95. The zero-order chi connectivity index (χ0) is 20.4. The van der Waals surface area contributed by atoms with Gasteiger partial charge in [0.2, 0.25) is 4.96 Å². The number of nitrogens with zero attached hydrogens (tertiary/aromatic N) is 4. The van der Waals surface area contributed by atoms with E-state index in [1.807, 2.05) is 41.1 Å². The molecule has 0 unspecified atom stereocenters. The maximum atomic E-state index is 12.2. The first-order chi connectivity index (χ1) is 14.0. The summed E-state index contributed by atoms with van der Waals surface area (Å²) in [5.74, 6) is 0.414. The maximum absolute atomic E-state index is 12.2. The Balaban J connectivity index is 1.43. The molecule has 0 spiro atoms. The molecule has 29 heavy (non-hydrogen) atoms. The van der Waals surface area contributed by atoms with Crippen molar-refractivity contribution < 1.29 is 9.72 Å². The van der Waals surface area contributed by atoms with Gasteiger partial charge in [-0.1, -0.05) is 24.3 Å². The van der Waals surface area contributed by atoms with E-state index >= 15 is 0 Å². The highest BCUT2D eigenvalue weighted by atomic mass is 32.1. The van der Waals surface area contributed by atoms with Gasteiger partial charge in [0.25, 0.3) is 11.6 Å². The van der Waals surface area contributed by atoms with Crippen molar-refractivity contribution >= 4 is 27.9 Å². The highest BCUT2D eigenvalue weighted by molar-refractivity contribution is 7.15. The number of carbonyl (C=O) groups is 1. The average Bonchev–Trinajstić information content (AvgIpc) is 3.30. The van der Waals surface area contributed by atoms with Crippen LogP contribution in [0.15, 0.2) is 53.9 Å². The fourth-order valence-electron chi connectivity index (χ4n) is 2.98. The molecule has 0 saturated heterocycles. The molecule has 0 aliphatic carbocycles. The van der Waals surface area contributed by atoms with Gasteiger partial charge in [-0.25, -0.2) is 4.52 Å². The first kappa shape index (κ1) is 18.8. The zero-order valence-electron chi connectivity index (χ0n) is 15.5. The van der Waals surface area contributed by atoms with Crippen LogP contribution in [0, 0.1) is 17.0 Å². The summed E-state index contributed by atoms with van der Waals surface area (Å²) in [6.45, 7) is 2.44. The molecule has 8 nitrogen and oxygen atoms in total. The molecular formula is C20H17N5O3S. The predicted molar refractivity (Wildman–Crippen MR) is 110 cm³/mol. The second-order valence-corrected chi connectivity index (χ2v) is 7.32. The summed E-state index contributed by atoms with van der Waals surface area (Å²) in [6, 6.07) is 13.5. The Morgan fingerprint density at radius 2 is 1.97 bits per heavy atom. The number of benzene rings is 2. The van der Waals surface area contributed by atoms with Crippen molar-refractivity contribution in [2.45, 2.75) is 13.3 Å². The summed E-state index contributed by atoms with van der Waals surface area (Å²) in [4.78, 5) is 27.8. The Morgan fingerprint density at radius 1 is 1.21 bits per heavy atom. The van der Waals surface area contributed by atoms with Crippen molar-refractivity contribution in [1.82, 2.24) is 19.9 Å². The largest absolute Gasteiger partial charge is 0.352 e. The SMILES string of the molecule is Cc1ccccc1-c1nc2scc(CCNC(=O)c3ccc([N+](=O)[O-])cc3)n2n1. The summed E-state index contributed by atoms with van der Waals surface area (Å²) < 4.78 is 1.81. The highest BCUT2D eigenvalue weighted by Gasteiger charge is 2.13. The minimum Gasteiger partial charge on any atom is -0.352 e. The second-order valence-electron chi connectivity index (χ2n) is 6.48. The number of non-ortho nitro benzene ring substituents is 1. The van der Waals surface area contributed by atoms with Crippen LogP contribution in [-0.4, -0.2) is 32.0 Å². The lowest BCUT2D eigenvalue weighted by atomic mass is 10.1. The van der Waals surface area contributed by atoms with E-state index in [-0.39, 0.29) is 11.6 Å². The van der Waals surface area contributed by atoms with E-state index in [1.54, 1.807) is 0 Å². The molecule has 1 N–H and O–H groups in total. The van der Waals surface area contributed by atoms with Gasteiger partial charge >= 0.3 is 0 Å². The van der Waals surface area contributed by atoms with Gasteiger partial charge in [-0.15, -0.1) is 16.4 Å². The molecule has 2 aromatic heterocycles. The fourth-order valence-corrected chi connectivity index (χ4v) is 3.83. The predicted octanol–water partition coefficient (Wildman–Crippen LogP) is 3.65. The fraction of sp³-hybridized carbons (Fsp3) is 0.150. The van der Waals surface area contributed by atoms with E-state index in [4.69, 9.17) is 0 Å². The number of thiazole rings is 1. The third-order valence-corrected chi connectivity index (χ3v) is 5.41. The monoisotopic (exact) mass is 407 g/mol. The molecule has 0 bridgehead atoms. The topological polar surface area (TPSA) is 102 Å². The summed E-state index contributed by atoms with van der Waals surface area (Å²) >= 11 is 1.51. The van der Waals surface area contributed by atoms with E-state index in [9.17, 15) is 14.9 Å². The van der Waals surface area contributed by atoms with Crippen molar-refractivity contribution in [2.75, 3.05) is 6.54 Å². The smallest absolute Gasteiger partial charge is 0.269 e. The molecule has 0 radical (unpaired) electrons. The molecular weight excluding hydrogens is 390 g/mol. The normalized spacial score (nSPS) is 10.9. The number of hydrogen-bond donors (Lipinski definition) is 1. The number of nitro benzene ring substituents is 1. The molecule has 4 rings (SSSR count). The number of aromatic nitrogens is 3. The Morgan fingerprint density at radius 3 is 2.69 bits per heavy atom. The molecule has 2 heterocycles. The molecule has 0 atom stereocenters. The molecule has 0 aliphatic heterocycles. The van der Waals surface area contributed by atoms with Crippen molar-refractivity contribution in [3.63, 3.8) is 0 Å². The Labute approximate surface area is 170 Å². The van der Waals surface area contributed by atoms with Crippen LogP contribution in [0.1, 0.15) is 21.6 Å². The van der Waals surface area contributed by atoms with Crippen LogP contribution in [0.2, 0.25) is 0 Å².